The van der Waals surface area contributed by atoms with Crippen molar-refractivity contribution < 1.29 is 23.4 Å². The monoisotopic (exact) mass is 331 g/mol. The lowest BCUT2D eigenvalue weighted by molar-refractivity contribution is -0.133. The first-order chi connectivity index (χ1) is 11.6. The highest BCUT2D eigenvalue weighted by Gasteiger charge is 2.23. The van der Waals surface area contributed by atoms with Crippen LogP contribution < -0.4 is 14.2 Å². The number of hydrogen-bond acceptors (Lipinski definition) is 4. The summed E-state index contributed by atoms with van der Waals surface area (Å²) in [5, 5.41) is 0. The molecule has 0 saturated carbocycles. The Labute approximate surface area is 139 Å². The van der Waals surface area contributed by atoms with Crippen molar-refractivity contribution in [3.63, 3.8) is 0 Å². The third-order valence-electron chi connectivity index (χ3n) is 3.65. The number of carbonyl (C=O) groups is 1. The first kappa shape index (κ1) is 16.1. The number of amides is 1. The zero-order chi connectivity index (χ0) is 16.9. The Morgan fingerprint density at radius 2 is 1.92 bits per heavy atom. The minimum Gasteiger partial charge on any atom is -0.486 e. The largest absolute Gasteiger partial charge is 0.486 e. The SMILES string of the molecule is CN(CC1COc2ccccc2O1)C(=O)COc1ccc(F)cc1. The van der Waals surface area contributed by atoms with E-state index in [0.717, 1.165) is 0 Å². The smallest absolute Gasteiger partial charge is 0.260 e. The van der Waals surface area contributed by atoms with Gasteiger partial charge in [-0.2, -0.15) is 0 Å². The molecule has 0 N–H and O–H groups in total. The highest BCUT2D eigenvalue weighted by Crippen LogP contribution is 2.30. The maximum Gasteiger partial charge on any atom is 0.260 e. The van der Waals surface area contributed by atoms with Crippen molar-refractivity contribution in [1.29, 1.82) is 0 Å². The molecule has 1 unspecified atom stereocenters. The summed E-state index contributed by atoms with van der Waals surface area (Å²) in [4.78, 5) is 13.7. The van der Waals surface area contributed by atoms with Gasteiger partial charge in [0, 0.05) is 7.05 Å². The highest BCUT2D eigenvalue weighted by atomic mass is 19.1. The van der Waals surface area contributed by atoms with E-state index in [1.165, 1.54) is 29.2 Å². The van der Waals surface area contributed by atoms with Gasteiger partial charge in [0.15, 0.2) is 24.2 Å². The van der Waals surface area contributed by atoms with Crippen LogP contribution in [0.25, 0.3) is 0 Å². The first-order valence-corrected chi connectivity index (χ1v) is 7.62. The Balaban J connectivity index is 1.49. The van der Waals surface area contributed by atoms with Crippen LogP contribution in [0.2, 0.25) is 0 Å². The minimum atomic E-state index is -0.347. The summed E-state index contributed by atoms with van der Waals surface area (Å²) < 4.78 is 29.6. The van der Waals surface area contributed by atoms with E-state index >= 15 is 0 Å². The summed E-state index contributed by atoms with van der Waals surface area (Å²) in [6.45, 7) is 0.652. The number of para-hydroxylation sites is 2. The Morgan fingerprint density at radius 3 is 2.67 bits per heavy atom. The van der Waals surface area contributed by atoms with Gasteiger partial charge >= 0.3 is 0 Å². The van der Waals surface area contributed by atoms with Crippen LogP contribution >= 0.6 is 0 Å². The first-order valence-electron chi connectivity index (χ1n) is 7.62. The molecule has 1 amide bonds. The number of benzene rings is 2. The zero-order valence-corrected chi connectivity index (χ0v) is 13.3. The molecule has 1 atom stereocenters. The second-order valence-electron chi connectivity index (χ2n) is 5.51. The highest BCUT2D eigenvalue weighted by molar-refractivity contribution is 5.77. The zero-order valence-electron chi connectivity index (χ0n) is 13.3. The van der Waals surface area contributed by atoms with Gasteiger partial charge in [-0.15, -0.1) is 0 Å². The van der Waals surface area contributed by atoms with E-state index in [1.807, 2.05) is 24.3 Å². The number of rotatable bonds is 5. The maximum absolute atomic E-state index is 12.8. The molecule has 126 valence electrons. The van der Waals surface area contributed by atoms with Crippen molar-refractivity contribution in [3.05, 3.63) is 54.3 Å². The van der Waals surface area contributed by atoms with Crippen LogP contribution in [0.1, 0.15) is 0 Å². The molecule has 1 aliphatic rings. The molecule has 1 heterocycles. The van der Waals surface area contributed by atoms with Gasteiger partial charge in [-0.1, -0.05) is 12.1 Å². The molecular formula is C18H18FNO4. The summed E-state index contributed by atoms with van der Waals surface area (Å²) in [5.74, 6) is 1.30. The number of hydrogen-bond donors (Lipinski definition) is 0. The molecule has 0 aliphatic carbocycles. The van der Waals surface area contributed by atoms with Crippen LogP contribution in [0, 0.1) is 5.82 Å². The number of fused-ring (bicyclic) bond motifs is 1. The second-order valence-corrected chi connectivity index (χ2v) is 5.51. The molecule has 1 aliphatic heterocycles. The number of halogens is 1. The van der Waals surface area contributed by atoms with Gasteiger partial charge in [-0.05, 0) is 36.4 Å². The van der Waals surface area contributed by atoms with Gasteiger partial charge in [-0.3, -0.25) is 4.79 Å². The Kier molecular flexibility index (Phi) is 4.84. The fourth-order valence-corrected chi connectivity index (χ4v) is 2.35. The molecule has 0 aromatic heterocycles. The minimum absolute atomic E-state index is 0.119. The van der Waals surface area contributed by atoms with E-state index in [0.29, 0.717) is 30.4 Å². The Morgan fingerprint density at radius 1 is 1.21 bits per heavy atom. The molecule has 0 saturated heterocycles. The Hall–Kier alpha value is -2.76. The van der Waals surface area contributed by atoms with Gasteiger partial charge < -0.3 is 19.1 Å². The van der Waals surface area contributed by atoms with Crippen LogP contribution in [0.4, 0.5) is 4.39 Å². The van der Waals surface area contributed by atoms with Gasteiger partial charge in [0.2, 0.25) is 0 Å². The van der Waals surface area contributed by atoms with Crippen LogP contribution in [-0.2, 0) is 4.79 Å². The predicted molar refractivity (Wildman–Crippen MR) is 85.9 cm³/mol. The van der Waals surface area contributed by atoms with Crippen molar-refractivity contribution in [2.24, 2.45) is 0 Å². The van der Waals surface area contributed by atoms with Crippen LogP contribution in [0.3, 0.4) is 0 Å². The van der Waals surface area contributed by atoms with Crippen LogP contribution in [-0.4, -0.2) is 43.7 Å². The average molecular weight is 331 g/mol. The molecule has 5 nitrogen and oxygen atoms in total. The fraction of sp³-hybridized carbons (Fsp3) is 0.278. The van der Waals surface area contributed by atoms with Gasteiger partial charge in [-0.25, -0.2) is 4.39 Å². The normalized spacial score (nSPS) is 15.7. The van der Waals surface area contributed by atoms with Crippen molar-refractivity contribution >= 4 is 5.91 Å². The summed E-state index contributed by atoms with van der Waals surface area (Å²) in [6.07, 6.45) is -0.236. The molecule has 6 heteroatoms. The van der Waals surface area contributed by atoms with E-state index in [4.69, 9.17) is 14.2 Å². The summed E-state index contributed by atoms with van der Waals surface area (Å²) in [5.41, 5.74) is 0. The third-order valence-corrected chi connectivity index (χ3v) is 3.65. The van der Waals surface area contributed by atoms with Gasteiger partial charge in [0.1, 0.15) is 18.2 Å². The summed E-state index contributed by atoms with van der Waals surface area (Å²) in [7, 11) is 1.68. The summed E-state index contributed by atoms with van der Waals surface area (Å²) >= 11 is 0. The molecule has 2 aromatic carbocycles. The van der Waals surface area contributed by atoms with Gasteiger partial charge in [0.05, 0.1) is 6.54 Å². The molecule has 0 spiro atoms. The van der Waals surface area contributed by atoms with Gasteiger partial charge in [0.25, 0.3) is 5.91 Å². The predicted octanol–water partition coefficient (Wildman–Crippen LogP) is 2.50. The van der Waals surface area contributed by atoms with Crippen molar-refractivity contribution in [1.82, 2.24) is 4.90 Å². The molecule has 0 bridgehead atoms. The van der Waals surface area contributed by atoms with Crippen LogP contribution in [0.5, 0.6) is 17.2 Å². The second kappa shape index (κ2) is 7.21. The van der Waals surface area contributed by atoms with Crippen molar-refractivity contribution in [2.45, 2.75) is 6.10 Å². The number of nitrogens with zero attached hydrogens (tertiary/aromatic N) is 1. The van der Waals surface area contributed by atoms with E-state index in [2.05, 4.69) is 0 Å². The van der Waals surface area contributed by atoms with Crippen molar-refractivity contribution in [3.8, 4) is 17.2 Å². The molecular weight excluding hydrogens is 313 g/mol. The van der Waals surface area contributed by atoms with E-state index in [9.17, 15) is 9.18 Å². The van der Waals surface area contributed by atoms with E-state index in [-0.39, 0.29) is 24.4 Å². The van der Waals surface area contributed by atoms with E-state index in [1.54, 1.807) is 7.05 Å². The fourth-order valence-electron chi connectivity index (χ4n) is 2.35. The van der Waals surface area contributed by atoms with E-state index < -0.39 is 0 Å². The van der Waals surface area contributed by atoms with Crippen LogP contribution in [0.15, 0.2) is 48.5 Å². The van der Waals surface area contributed by atoms with Crippen molar-refractivity contribution in [2.75, 3.05) is 26.8 Å². The standard InChI is InChI=1S/C18H18FNO4/c1-20(18(21)12-22-14-8-6-13(19)7-9-14)10-15-11-23-16-4-2-3-5-17(16)24-15/h2-9,15H,10-12H2,1H3. The lowest BCUT2D eigenvalue weighted by Gasteiger charge is -2.29. The number of carbonyl (C=O) groups excluding carboxylic acids is 1. The lowest BCUT2D eigenvalue weighted by Crippen LogP contribution is -2.43. The molecule has 2 aromatic rings. The number of likely N-dealkylation sites (N-methyl/N-ethyl adjacent to an activating group) is 1. The topological polar surface area (TPSA) is 48.0 Å². The number of ether oxygens (including phenoxy) is 3. The third kappa shape index (κ3) is 3.95. The quantitative estimate of drug-likeness (QED) is 0.845. The maximum atomic E-state index is 12.8. The Bertz CT molecular complexity index is 704. The molecule has 24 heavy (non-hydrogen) atoms. The molecule has 0 radical (unpaired) electrons. The lowest BCUT2D eigenvalue weighted by atomic mass is 10.2. The summed E-state index contributed by atoms with van der Waals surface area (Å²) in [6, 6.07) is 13.0. The molecule has 0 fully saturated rings. The average Bonchev–Trinajstić information content (AvgIpc) is 2.61. The molecule has 3 rings (SSSR count).